The summed E-state index contributed by atoms with van der Waals surface area (Å²) in [6, 6.07) is 14.8. The molecule has 0 unspecified atom stereocenters. The molecule has 1 aromatic heterocycles. The smallest absolute Gasteiger partial charge is 0.204 e. The lowest BCUT2D eigenvalue weighted by molar-refractivity contribution is 0.629. The first kappa shape index (κ1) is 14.1. The number of hydrogen-bond donors (Lipinski definition) is 1. The molecule has 0 fully saturated rings. The average molecular weight is 348 g/mol. The summed E-state index contributed by atoms with van der Waals surface area (Å²) < 4.78 is 13.3. The van der Waals surface area contributed by atoms with E-state index in [2.05, 4.69) is 42.9 Å². The normalized spacial score (nSPS) is 11.0. The largest absolute Gasteiger partial charge is 0.337 e. The molecule has 21 heavy (non-hydrogen) atoms. The summed E-state index contributed by atoms with van der Waals surface area (Å²) in [6.07, 6.45) is 0. The molecule has 0 radical (unpaired) electrons. The standard InChI is InChI=1S/C16H15BrFN3/c17-8-9-21(11-12-4-2-1-3-5-12)16-19-14-7-6-13(18)10-15(14)20-16/h1-7,10H,8-9,11H2,(H,19,20). The van der Waals surface area contributed by atoms with Crippen LogP contribution in [-0.2, 0) is 6.54 Å². The summed E-state index contributed by atoms with van der Waals surface area (Å²) in [5.41, 5.74) is 2.71. The lowest BCUT2D eigenvalue weighted by atomic mass is 10.2. The molecule has 0 bridgehead atoms. The molecule has 0 saturated carbocycles. The van der Waals surface area contributed by atoms with Crippen LogP contribution in [0.15, 0.2) is 48.5 Å². The molecule has 3 rings (SSSR count). The minimum Gasteiger partial charge on any atom is -0.337 e. The van der Waals surface area contributed by atoms with Crippen molar-refractivity contribution in [2.24, 2.45) is 0 Å². The minimum absolute atomic E-state index is 0.257. The van der Waals surface area contributed by atoms with Crippen LogP contribution in [0.4, 0.5) is 10.3 Å². The van der Waals surface area contributed by atoms with Crippen molar-refractivity contribution in [1.82, 2.24) is 9.97 Å². The highest BCUT2D eigenvalue weighted by molar-refractivity contribution is 9.09. The molecular weight excluding hydrogens is 333 g/mol. The number of rotatable bonds is 5. The van der Waals surface area contributed by atoms with Gasteiger partial charge in [-0.25, -0.2) is 9.37 Å². The number of aromatic amines is 1. The molecule has 3 aromatic rings. The lowest BCUT2D eigenvalue weighted by Gasteiger charge is -2.20. The third-order valence-electron chi connectivity index (χ3n) is 3.30. The number of H-pyrrole nitrogens is 1. The third kappa shape index (κ3) is 3.24. The van der Waals surface area contributed by atoms with E-state index in [1.807, 2.05) is 18.2 Å². The van der Waals surface area contributed by atoms with Crippen molar-refractivity contribution in [2.45, 2.75) is 6.54 Å². The SMILES string of the molecule is Fc1ccc2nc(N(CCBr)Cc3ccccc3)[nH]c2c1. The Balaban J connectivity index is 1.91. The monoisotopic (exact) mass is 347 g/mol. The van der Waals surface area contributed by atoms with Gasteiger partial charge in [0.2, 0.25) is 5.95 Å². The maximum atomic E-state index is 13.3. The van der Waals surface area contributed by atoms with Crippen molar-refractivity contribution in [1.29, 1.82) is 0 Å². The van der Waals surface area contributed by atoms with Crippen LogP contribution in [0.5, 0.6) is 0 Å². The zero-order chi connectivity index (χ0) is 14.7. The lowest BCUT2D eigenvalue weighted by Crippen LogP contribution is -2.25. The second-order valence-corrected chi connectivity index (χ2v) is 5.61. The van der Waals surface area contributed by atoms with Crippen LogP contribution in [0.1, 0.15) is 5.56 Å². The first-order valence-corrected chi connectivity index (χ1v) is 7.88. The summed E-state index contributed by atoms with van der Waals surface area (Å²) in [6.45, 7) is 1.58. The second-order valence-electron chi connectivity index (χ2n) is 4.82. The van der Waals surface area contributed by atoms with Crippen LogP contribution in [-0.4, -0.2) is 21.8 Å². The molecule has 1 heterocycles. The Morgan fingerprint density at radius 1 is 1.14 bits per heavy atom. The molecule has 0 saturated heterocycles. The summed E-state index contributed by atoms with van der Waals surface area (Å²) in [7, 11) is 0. The number of anilines is 1. The number of nitrogens with zero attached hydrogens (tertiary/aromatic N) is 2. The van der Waals surface area contributed by atoms with Crippen LogP contribution in [0.2, 0.25) is 0 Å². The maximum Gasteiger partial charge on any atom is 0.204 e. The van der Waals surface area contributed by atoms with Crippen molar-refractivity contribution >= 4 is 32.9 Å². The van der Waals surface area contributed by atoms with Gasteiger partial charge in [0.25, 0.3) is 0 Å². The van der Waals surface area contributed by atoms with Gasteiger partial charge < -0.3 is 9.88 Å². The van der Waals surface area contributed by atoms with Gasteiger partial charge in [-0.2, -0.15) is 0 Å². The molecule has 0 aliphatic rings. The Hall–Kier alpha value is -1.88. The maximum absolute atomic E-state index is 13.3. The molecule has 0 spiro atoms. The van der Waals surface area contributed by atoms with Crippen molar-refractivity contribution < 1.29 is 4.39 Å². The van der Waals surface area contributed by atoms with Gasteiger partial charge in [0.05, 0.1) is 11.0 Å². The number of nitrogens with one attached hydrogen (secondary N) is 1. The number of halogens is 2. The van der Waals surface area contributed by atoms with Crippen molar-refractivity contribution in [3.8, 4) is 0 Å². The molecule has 1 N–H and O–H groups in total. The molecule has 0 amide bonds. The van der Waals surface area contributed by atoms with Crippen LogP contribution < -0.4 is 4.90 Å². The van der Waals surface area contributed by atoms with Crippen molar-refractivity contribution in [3.63, 3.8) is 0 Å². The number of hydrogen-bond acceptors (Lipinski definition) is 2. The van der Waals surface area contributed by atoms with Gasteiger partial charge in [0.15, 0.2) is 0 Å². The molecular formula is C16H15BrFN3. The predicted octanol–water partition coefficient (Wildman–Crippen LogP) is 4.10. The van der Waals surface area contributed by atoms with Gasteiger partial charge in [-0.05, 0) is 23.8 Å². The van der Waals surface area contributed by atoms with E-state index in [1.54, 1.807) is 6.07 Å². The topological polar surface area (TPSA) is 31.9 Å². The quantitative estimate of drug-likeness (QED) is 0.704. The van der Waals surface area contributed by atoms with E-state index in [4.69, 9.17) is 0 Å². The number of benzene rings is 2. The number of imidazole rings is 1. The molecule has 0 aliphatic heterocycles. The summed E-state index contributed by atoms with van der Waals surface area (Å²) >= 11 is 3.47. The molecule has 108 valence electrons. The van der Waals surface area contributed by atoms with Gasteiger partial charge >= 0.3 is 0 Å². The van der Waals surface area contributed by atoms with Gasteiger partial charge in [-0.1, -0.05) is 46.3 Å². The van der Waals surface area contributed by atoms with E-state index in [-0.39, 0.29) is 5.82 Å². The molecule has 0 atom stereocenters. The van der Waals surface area contributed by atoms with E-state index in [0.29, 0.717) is 0 Å². The molecule has 2 aromatic carbocycles. The first-order chi connectivity index (χ1) is 10.3. The van der Waals surface area contributed by atoms with E-state index in [9.17, 15) is 4.39 Å². The highest BCUT2D eigenvalue weighted by Crippen LogP contribution is 2.20. The van der Waals surface area contributed by atoms with Gasteiger partial charge in [0.1, 0.15) is 5.82 Å². The number of alkyl halides is 1. The highest BCUT2D eigenvalue weighted by Gasteiger charge is 2.12. The highest BCUT2D eigenvalue weighted by atomic mass is 79.9. The second kappa shape index (κ2) is 6.26. The molecule has 0 aliphatic carbocycles. The summed E-state index contributed by atoms with van der Waals surface area (Å²) in [5, 5.41) is 0.839. The van der Waals surface area contributed by atoms with Gasteiger partial charge in [-0.3, -0.25) is 0 Å². The van der Waals surface area contributed by atoms with E-state index < -0.39 is 0 Å². The zero-order valence-electron chi connectivity index (χ0n) is 11.4. The summed E-state index contributed by atoms with van der Waals surface area (Å²) in [5.74, 6) is 0.506. The van der Waals surface area contributed by atoms with E-state index >= 15 is 0 Å². The van der Waals surface area contributed by atoms with Gasteiger partial charge in [-0.15, -0.1) is 0 Å². The van der Waals surface area contributed by atoms with Crippen molar-refractivity contribution in [2.75, 3.05) is 16.8 Å². The number of aromatic nitrogens is 2. The van der Waals surface area contributed by atoms with Crippen LogP contribution in [0, 0.1) is 5.82 Å². The minimum atomic E-state index is -0.257. The summed E-state index contributed by atoms with van der Waals surface area (Å²) in [4.78, 5) is 9.89. The van der Waals surface area contributed by atoms with Crippen LogP contribution in [0.3, 0.4) is 0 Å². The molecule has 3 nitrogen and oxygen atoms in total. The van der Waals surface area contributed by atoms with Crippen molar-refractivity contribution in [3.05, 3.63) is 59.9 Å². The Morgan fingerprint density at radius 3 is 2.71 bits per heavy atom. The Bertz CT molecular complexity index is 727. The Labute approximate surface area is 130 Å². The number of fused-ring (bicyclic) bond motifs is 1. The third-order valence-corrected chi connectivity index (χ3v) is 3.66. The molecule has 5 heteroatoms. The van der Waals surface area contributed by atoms with Gasteiger partial charge in [0, 0.05) is 18.4 Å². The Morgan fingerprint density at radius 2 is 1.95 bits per heavy atom. The fourth-order valence-corrected chi connectivity index (χ4v) is 2.71. The van der Waals surface area contributed by atoms with Crippen LogP contribution in [0.25, 0.3) is 11.0 Å². The van der Waals surface area contributed by atoms with E-state index in [1.165, 1.54) is 17.7 Å². The fourth-order valence-electron chi connectivity index (χ4n) is 2.28. The zero-order valence-corrected chi connectivity index (χ0v) is 13.0. The Kier molecular flexibility index (Phi) is 4.20. The average Bonchev–Trinajstić information content (AvgIpc) is 2.91. The van der Waals surface area contributed by atoms with Crippen LogP contribution >= 0.6 is 15.9 Å². The predicted molar refractivity (Wildman–Crippen MR) is 87.3 cm³/mol. The van der Waals surface area contributed by atoms with E-state index in [0.717, 1.165) is 35.4 Å². The first-order valence-electron chi connectivity index (χ1n) is 6.76. The fraction of sp³-hybridized carbons (Fsp3) is 0.188.